The third-order valence-electron chi connectivity index (χ3n) is 7.55. The fourth-order valence-electron chi connectivity index (χ4n) is 4.75. The number of amides is 1. The first-order valence-corrected chi connectivity index (χ1v) is 18.5. The molecule has 3 N–H and O–H groups in total. The maximum absolute atomic E-state index is 12.1. The minimum Gasteiger partial charge on any atom is -0.394 e. The van der Waals surface area contributed by atoms with Gasteiger partial charge < -0.3 is 15.5 Å². The maximum Gasteiger partial charge on any atom is 0.220 e. The highest BCUT2D eigenvalue weighted by molar-refractivity contribution is 5.76. The van der Waals surface area contributed by atoms with Crippen molar-refractivity contribution in [3.8, 4) is 0 Å². The second-order valence-corrected chi connectivity index (χ2v) is 11.9. The summed E-state index contributed by atoms with van der Waals surface area (Å²) in [5, 5.41) is 22.3. The van der Waals surface area contributed by atoms with Gasteiger partial charge in [-0.25, -0.2) is 0 Å². The molecule has 0 bridgehead atoms. The van der Waals surface area contributed by atoms with Crippen molar-refractivity contribution in [2.45, 2.75) is 154 Å². The lowest BCUT2D eigenvalue weighted by Gasteiger charge is -2.19. The van der Waals surface area contributed by atoms with Gasteiger partial charge in [0.15, 0.2) is 0 Å². The van der Waals surface area contributed by atoms with E-state index in [1.165, 1.54) is 44.9 Å². The molecule has 4 nitrogen and oxygen atoms in total. The van der Waals surface area contributed by atoms with Crippen molar-refractivity contribution in [3.63, 3.8) is 0 Å². The van der Waals surface area contributed by atoms with Crippen LogP contribution in [0.1, 0.15) is 142 Å². The lowest BCUT2D eigenvalue weighted by atomic mass is 10.1. The summed E-state index contributed by atoms with van der Waals surface area (Å²) in [6.07, 6.45) is 55.6. The molecule has 2 unspecified atom stereocenters. The Labute approximate surface area is 283 Å². The molecule has 0 spiro atoms. The minimum absolute atomic E-state index is 0.0894. The van der Waals surface area contributed by atoms with Crippen molar-refractivity contribution >= 4 is 5.91 Å². The molecule has 0 aliphatic carbocycles. The molecule has 0 saturated heterocycles. The zero-order valence-electron chi connectivity index (χ0n) is 29.5. The molecule has 0 aromatic carbocycles. The number of aliphatic hydroxyl groups is 2. The van der Waals surface area contributed by atoms with E-state index in [4.69, 9.17) is 0 Å². The van der Waals surface area contributed by atoms with Crippen LogP contribution in [-0.4, -0.2) is 34.9 Å². The van der Waals surface area contributed by atoms with Gasteiger partial charge >= 0.3 is 0 Å². The topological polar surface area (TPSA) is 69.6 Å². The van der Waals surface area contributed by atoms with Gasteiger partial charge in [0, 0.05) is 6.42 Å². The number of aliphatic hydroxyl groups excluding tert-OH is 2. The molecule has 46 heavy (non-hydrogen) atoms. The number of rotatable bonds is 31. The Kier molecular flexibility index (Phi) is 34.6. The normalized spacial score (nSPS) is 14.3. The predicted octanol–water partition coefficient (Wildman–Crippen LogP) is 11.1. The van der Waals surface area contributed by atoms with E-state index in [9.17, 15) is 15.0 Å². The summed E-state index contributed by atoms with van der Waals surface area (Å²) in [5.74, 6) is -0.0894. The largest absolute Gasteiger partial charge is 0.394 e. The van der Waals surface area contributed by atoms with E-state index in [0.29, 0.717) is 6.42 Å². The average Bonchev–Trinajstić information content (AvgIpc) is 3.06. The molecule has 0 fully saturated rings. The Morgan fingerprint density at radius 3 is 1.39 bits per heavy atom. The summed E-state index contributed by atoms with van der Waals surface area (Å²) in [4.78, 5) is 12.1. The van der Waals surface area contributed by atoms with Gasteiger partial charge in [-0.15, -0.1) is 0 Å². The summed E-state index contributed by atoms with van der Waals surface area (Å²) in [5.41, 5.74) is 0. The molecule has 0 radical (unpaired) electrons. The average molecular weight is 636 g/mol. The van der Waals surface area contributed by atoms with E-state index in [0.717, 1.165) is 77.0 Å². The summed E-state index contributed by atoms with van der Waals surface area (Å²) >= 11 is 0. The zero-order chi connectivity index (χ0) is 33.6. The summed E-state index contributed by atoms with van der Waals surface area (Å²) in [7, 11) is 0. The quantitative estimate of drug-likeness (QED) is 0.0524. The molecule has 0 aromatic rings. The van der Waals surface area contributed by atoms with Crippen LogP contribution in [0.25, 0.3) is 0 Å². The zero-order valence-corrected chi connectivity index (χ0v) is 29.5. The predicted molar refractivity (Wildman–Crippen MR) is 202 cm³/mol. The van der Waals surface area contributed by atoms with E-state index >= 15 is 0 Å². The molecule has 2 atom stereocenters. The van der Waals surface area contributed by atoms with Gasteiger partial charge in [0.2, 0.25) is 5.91 Å². The van der Waals surface area contributed by atoms with Crippen LogP contribution < -0.4 is 5.32 Å². The first-order chi connectivity index (χ1) is 22.7. The molecule has 4 heteroatoms. The van der Waals surface area contributed by atoms with Crippen molar-refractivity contribution in [1.29, 1.82) is 0 Å². The van der Waals surface area contributed by atoms with Gasteiger partial charge in [0.05, 0.1) is 18.8 Å². The Balaban J connectivity index is 3.56. The van der Waals surface area contributed by atoms with Crippen LogP contribution in [-0.2, 0) is 4.79 Å². The highest BCUT2D eigenvalue weighted by atomic mass is 16.3. The number of carbonyl (C=O) groups is 1. The van der Waals surface area contributed by atoms with Crippen molar-refractivity contribution < 1.29 is 15.0 Å². The standard InChI is InChI=1S/C42H69NO3/c1-3-5-7-8-9-10-11-12-13-14-15-16-17-18-19-20-21-22-23-24-25-26-27-28-29-30-31-32-33-34-36-38-42(46)43-40(39-44)41(45)37-35-6-4-2/h5,7,9-10,12-13,15-16,18-19,21-22,24-25,35,37,40-41,44-45H,3-4,6,8,11,14,17,20,23,26-34,36,38-39H2,1-2H3,(H,43,46)/b7-5-,10-9-,13-12-,16-15-,19-18-,22-21-,25-24-,37-35+. The third-order valence-corrected chi connectivity index (χ3v) is 7.55. The lowest BCUT2D eigenvalue weighted by molar-refractivity contribution is -0.123. The van der Waals surface area contributed by atoms with E-state index in [1.807, 2.05) is 6.08 Å². The van der Waals surface area contributed by atoms with Gasteiger partial charge in [-0.05, 0) is 70.6 Å². The molecule has 0 heterocycles. The first-order valence-electron chi connectivity index (χ1n) is 18.5. The summed E-state index contributed by atoms with van der Waals surface area (Å²) in [6.45, 7) is 3.97. The summed E-state index contributed by atoms with van der Waals surface area (Å²) in [6, 6.07) is -0.626. The van der Waals surface area contributed by atoms with Crippen molar-refractivity contribution in [2.75, 3.05) is 6.61 Å². The molecule has 260 valence electrons. The van der Waals surface area contributed by atoms with Crippen molar-refractivity contribution in [2.24, 2.45) is 0 Å². The Morgan fingerprint density at radius 2 is 0.957 bits per heavy atom. The van der Waals surface area contributed by atoms with E-state index in [1.54, 1.807) is 6.08 Å². The molecule has 0 saturated carbocycles. The van der Waals surface area contributed by atoms with Crippen LogP contribution in [0.15, 0.2) is 97.2 Å². The fourth-order valence-corrected chi connectivity index (χ4v) is 4.75. The van der Waals surface area contributed by atoms with Crippen LogP contribution in [0.3, 0.4) is 0 Å². The van der Waals surface area contributed by atoms with E-state index in [-0.39, 0.29) is 12.5 Å². The highest BCUT2D eigenvalue weighted by Gasteiger charge is 2.17. The third kappa shape index (κ3) is 32.7. The van der Waals surface area contributed by atoms with Crippen LogP contribution >= 0.6 is 0 Å². The van der Waals surface area contributed by atoms with Gasteiger partial charge in [-0.1, -0.05) is 162 Å². The van der Waals surface area contributed by atoms with Crippen LogP contribution in [0.4, 0.5) is 0 Å². The Hall–Kier alpha value is -2.69. The maximum atomic E-state index is 12.1. The number of hydrogen-bond acceptors (Lipinski definition) is 3. The highest BCUT2D eigenvalue weighted by Crippen LogP contribution is 2.12. The molecule has 0 rings (SSSR count). The van der Waals surface area contributed by atoms with Gasteiger partial charge in [0.25, 0.3) is 0 Å². The summed E-state index contributed by atoms with van der Waals surface area (Å²) < 4.78 is 0. The molecule has 1 amide bonds. The number of carbonyl (C=O) groups excluding carboxylic acids is 1. The van der Waals surface area contributed by atoms with Crippen molar-refractivity contribution in [1.82, 2.24) is 5.32 Å². The molecule has 0 aliphatic heterocycles. The smallest absolute Gasteiger partial charge is 0.220 e. The Morgan fingerprint density at radius 1 is 0.543 bits per heavy atom. The molecular formula is C42H69NO3. The van der Waals surface area contributed by atoms with Gasteiger partial charge in [-0.2, -0.15) is 0 Å². The Bertz CT molecular complexity index is 906. The molecular weight excluding hydrogens is 566 g/mol. The number of unbranched alkanes of at least 4 members (excludes halogenated alkanes) is 10. The fraction of sp³-hybridized carbons (Fsp3) is 0.595. The van der Waals surface area contributed by atoms with Gasteiger partial charge in [0.1, 0.15) is 0 Å². The van der Waals surface area contributed by atoms with Crippen LogP contribution in [0.2, 0.25) is 0 Å². The number of allylic oxidation sites excluding steroid dienone is 15. The van der Waals surface area contributed by atoms with Crippen LogP contribution in [0, 0.1) is 0 Å². The molecule has 0 aromatic heterocycles. The lowest BCUT2D eigenvalue weighted by Crippen LogP contribution is -2.45. The number of nitrogens with one attached hydrogen (secondary N) is 1. The number of hydrogen-bond donors (Lipinski definition) is 3. The monoisotopic (exact) mass is 636 g/mol. The SMILES string of the molecule is CC/C=C\C/C=C\C/C=C\C/C=C\C/C=C\C/C=C\C/C=C\CCCCCCCCCCCC(=O)NC(CO)C(O)/C=C/CCC. The second-order valence-electron chi connectivity index (χ2n) is 11.9. The van der Waals surface area contributed by atoms with Crippen molar-refractivity contribution in [3.05, 3.63) is 97.2 Å². The van der Waals surface area contributed by atoms with Crippen LogP contribution in [0.5, 0.6) is 0 Å². The molecule has 0 aliphatic rings. The first kappa shape index (κ1) is 43.3. The van der Waals surface area contributed by atoms with E-state index in [2.05, 4.69) is 104 Å². The minimum atomic E-state index is -0.843. The second kappa shape index (κ2) is 36.8. The van der Waals surface area contributed by atoms with E-state index < -0.39 is 12.1 Å². The van der Waals surface area contributed by atoms with Gasteiger partial charge in [-0.3, -0.25) is 4.79 Å².